The van der Waals surface area contributed by atoms with E-state index in [9.17, 15) is 4.79 Å². The third-order valence-corrected chi connectivity index (χ3v) is 5.60. The lowest BCUT2D eigenvalue weighted by atomic mass is 10.0. The highest BCUT2D eigenvalue weighted by molar-refractivity contribution is 5.98. The first-order valence-electron chi connectivity index (χ1n) is 9.81. The number of nitrogens with one attached hydrogen (secondary N) is 3. The molecule has 4 aromatic rings. The van der Waals surface area contributed by atoms with Crippen molar-refractivity contribution in [2.24, 2.45) is 5.92 Å². The quantitative estimate of drug-likeness (QED) is 0.505. The van der Waals surface area contributed by atoms with Crippen molar-refractivity contribution in [2.75, 3.05) is 18.5 Å². The fraction of sp³-hybridized carbons (Fsp3) is 0.273. The van der Waals surface area contributed by atoms with Crippen LogP contribution in [-0.2, 0) is 0 Å². The first-order valence-corrected chi connectivity index (χ1v) is 9.81. The van der Waals surface area contributed by atoms with Crippen molar-refractivity contribution in [1.82, 2.24) is 20.0 Å². The van der Waals surface area contributed by atoms with Crippen molar-refractivity contribution in [3.63, 3.8) is 0 Å². The van der Waals surface area contributed by atoms with Crippen LogP contribution in [0.1, 0.15) is 19.8 Å². The average molecular weight is 373 g/mol. The summed E-state index contributed by atoms with van der Waals surface area (Å²) in [5.74, 6) is 1.32. The van der Waals surface area contributed by atoms with Gasteiger partial charge in [0.15, 0.2) is 0 Å². The molecule has 0 spiro atoms. The Balaban J connectivity index is 1.69. The molecule has 1 aliphatic heterocycles. The lowest BCUT2D eigenvalue weighted by Crippen LogP contribution is -2.38. The number of benzene rings is 2. The molecule has 3 N–H and O–H groups in total. The van der Waals surface area contributed by atoms with Crippen LogP contribution < -0.4 is 11.0 Å². The van der Waals surface area contributed by atoms with Crippen molar-refractivity contribution in [1.29, 1.82) is 0 Å². The summed E-state index contributed by atoms with van der Waals surface area (Å²) >= 11 is 0. The zero-order valence-corrected chi connectivity index (χ0v) is 15.8. The largest absolute Gasteiger partial charge is 0.338 e. The van der Waals surface area contributed by atoms with Crippen LogP contribution in [0.5, 0.6) is 0 Å². The van der Waals surface area contributed by atoms with Gasteiger partial charge in [-0.1, -0.05) is 37.3 Å². The molecule has 142 valence electrons. The summed E-state index contributed by atoms with van der Waals surface area (Å²) in [6.45, 7) is 4.21. The number of imidazole rings is 1. The summed E-state index contributed by atoms with van der Waals surface area (Å²) in [7, 11) is 0. The maximum atomic E-state index is 13.1. The van der Waals surface area contributed by atoms with Crippen molar-refractivity contribution in [2.45, 2.75) is 19.8 Å². The van der Waals surface area contributed by atoms with E-state index in [1.54, 1.807) is 0 Å². The van der Waals surface area contributed by atoms with Crippen molar-refractivity contribution in [3.05, 3.63) is 58.9 Å². The van der Waals surface area contributed by atoms with Gasteiger partial charge in [-0.2, -0.15) is 0 Å². The van der Waals surface area contributed by atoms with E-state index in [0.29, 0.717) is 11.4 Å². The maximum absolute atomic E-state index is 13.1. The Hall–Kier alpha value is -3.12. The highest BCUT2D eigenvalue weighted by Crippen LogP contribution is 2.31. The minimum Gasteiger partial charge on any atom is -0.338 e. The number of hydrogen-bond donors (Lipinski definition) is 3. The van der Waals surface area contributed by atoms with Crippen LogP contribution in [0, 0.1) is 5.92 Å². The summed E-state index contributed by atoms with van der Waals surface area (Å²) in [6, 6.07) is 15.7. The highest BCUT2D eigenvalue weighted by Gasteiger charge is 2.21. The standard InChI is InChI=1S/C22H23N5O/c1-14-10-12-27(13-11-14)26-20-15-6-2-3-7-16(15)25-22(28)19(20)21-23-17-8-4-5-9-18(17)24-21/h2-9,14H,10-13H2,1H3,(H,23,24)(H2,25,26,28). The summed E-state index contributed by atoms with van der Waals surface area (Å²) in [5.41, 5.74) is 7.35. The molecule has 0 bridgehead atoms. The predicted octanol–water partition coefficient (Wildman–Crippen LogP) is 4.13. The Morgan fingerprint density at radius 1 is 1.00 bits per heavy atom. The third-order valence-electron chi connectivity index (χ3n) is 5.60. The Morgan fingerprint density at radius 3 is 2.50 bits per heavy atom. The Kier molecular flexibility index (Phi) is 4.13. The van der Waals surface area contributed by atoms with Gasteiger partial charge in [0.1, 0.15) is 11.4 Å². The number of rotatable bonds is 3. The van der Waals surface area contributed by atoms with Gasteiger partial charge >= 0.3 is 0 Å². The van der Waals surface area contributed by atoms with Gasteiger partial charge in [-0.05, 0) is 37.0 Å². The highest BCUT2D eigenvalue weighted by atomic mass is 16.1. The molecule has 6 heteroatoms. The van der Waals surface area contributed by atoms with E-state index in [0.717, 1.165) is 59.5 Å². The second-order valence-corrected chi connectivity index (χ2v) is 7.63. The number of para-hydroxylation sites is 3. The molecule has 0 amide bonds. The minimum atomic E-state index is -0.148. The van der Waals surface area contributed by atoms with Gasteiger partial charge in [0, 0.05) is 18.5 Å². The van der Waals surface area contributed by atoms with Gasteiger partial charge in [0.2, 0.25) is 0 Å². The molecule has 2 aromatic heterocycles. The van der Waals surface area contributed by atoms with Gasteiger partial charge < -0.3 is 15.4 Å². The lowest BCUT2D eigenvalue weighted by Gasteiger charge is -2.32. The molecule has 0 atom stereocenters. The van der Waals surface area contributed by atoms with Crippen LogP contribution in [0.15, 0.2) is 53.3 Å². The third kappa shape index (κ3) is 2.96. The monoisotopic (exact) mass is 373 g/mol. The van der Waals surface area contributed by atoms with E-state index in [2.05, 4.69) is 32.3 Å². The maximum Gasteiger partial charge on any atom is 0.261 e. The predicted molar refractivity (Wildman–Crippen MR) is 113 cm³/mol. The number of piperidine rings is 1. The SMILES string of the molecule is CC1CCN(Nc2c(-c3nc4ccccc4[nH]3)c(=O)[nH]c3ccccc23)CC1. The number of nitrogens with zero attached hydrogens (tertiary/aromatic N) is 2. The molecular formula is C22H23N5O. The molecule has 6 nitrogen and oxygen atoms in total. The summed E-state index contributed by atoms with van der Waals surface area (Å²) < 4.78 is 0. The smallest absolute Gasteiger partial charge is 0.261 e. The number of hydrazine groups is 1. The van der Waals surface area contributed by atoms with E-state index in [1.807, 2.05) is 48.5 Å². The zero-order chi connectivity index (χ0) is 19.1. The summed E-state index contributed by atoms with van der Waals surface area (Å²) in [6.07, 6.45) is 2.29. The molecular weight excluding hydrogens is 350 g/mol. The molecule has 0 aliphatic carbocycles. The van der Waals surface area contributed by atoms with E-state index in [-0.39, 0.29) is 5.56 Å². The number of pyridine rings is 1. The molecule has 3 heterocycles. The molecule has 0 radical (unpaired) electrons. The normalized spacial score (nSPS) is 16.0. The molecule has 0 saturated carbocycles. The number of aromatic nitrogens is 3. The molecule has 2 aromatic carbocycles. The van der Waals surface area contributed by atoms with E-state index < -0.39 is 0 Å². The number of fused-ring (bicyclic) bond motifs is 2. The van der Waals surface area contributed by atoms with Gasteiger partial charge in [0.05, 0.1) is 22.2 Å². The molecule has 1 fully saturated rings. The zero-order valence-electron chi connectivity index (χ0n) is 15.8. The van der Waals surface area contributed by atoms with Crippen LogP contribution >= 0.6 is 0 Å². The van der Waals surface area contributed by atoms with Gasteiger partial charge in [-0.15, -0.1) is 0 Å². The topological polar surface area (TPSA) is 76.8 Å². The van der Waals surface area contributed by atoms with Gasteiger partial charge in [-0.25, -0.2) is 9.99 Å². The van der Waals surface area contributed by atoms with Gasteiger partial charge in [-0.3, -0.25) is 4.79 Å². The lowest BCUT2D eigenvalue weighted by molar-refractivity contribution is 0.228. The molecule has 0 unspecified atom stereocenters. The molecule has 1 aliphatic rings. The molecule has 5 rings (SSSR count). The number of hydrogen-bond acceptors (Lipinski definition) is 4. The van der Waals surface area contributed by atoms with Crippen LogP contribution in [0.4, 0.5) is 5.69 Å². The Morgan fingerprint density at radius 2 is 1.71 bits per heavy atom. The fourth-order valence-corrected chi connectivity index (χ4v) is 3.93. The number of aromatic amines is 2. The van der Waals surface area contributed by atoms with Crippen molar-refractivity contribution < 1.29 is 0 Å². The van der Waals surface area contributed by atoms with E-state index in [4.69, 9.17) is 0 Å². The second-order valence-electron chi connectivity index (χ2n) is 7.63. The number of anilines is 1. The van der Waals surface area contributed by atoms with E-state index >= 15 is 0 Å². The van der Waals surface area contributed by atoms with Crippen LogP contribution in [0.2, 0.25) is 0 Å². The first-order chi connectivity index (χ1) is 13.7. The van der Waals surface area contributed by atoms with Crippen LogP contribution in [-0.4, -0.2) is 33.1 Å². The van der Waals surface area contributed by atoms with Crippen LogP contribution in [0.25, 0.3) is 33.3 Å². The fourth-order valence-electron chi connectivity index (χ4n) is 3.93. The average Bonchev–Trinajstić information content (AvgIpc) is 3.13. The van der Waals surface area contributed by atoms with E-state index in [1.165, 1.54) is 0 Å². The first kappa shape index (κ1) is 17.0. The Labute approximate surface area is 162 Å². The van der Waals surface area contributed by atoms with Crippen molar-refractivity contribution in [3.8, 4) is 11.4 Å². The summed E-state index contributed by atoms with van der Waals surface area (Å²) in [4.78, 5) is 24.1. The molecule has 1 saturated heterocycles. The van der Waals surface area contributed by atoms with Crippen LogP contribution in [0.3, 0.4) is 0 Å². The van der Waals surface area contributed by atoms with Crippen molar-refractivity contribution >= 4 is 27.6 Å². The molecule has 28 heavy (non-hydrogen) atoms. The Bertz CT molecular complexity index is 1170. The second kappa shape index (κ2) is 6.80. The summed E-state index contributed by atoms with van der Waals surface area (Å²) in [5, 5.41) is 3.20. The number of H-pyrrole nitrogens is 2. The van der Waals surface area contributed by atoms with Gasteiger partial charge in [0.25, 0.3) is 5.56 Å². The minimum absolute atomic E-state index is 0.148.